The van der Waals surface area contributed by atoms with E-state index in [0.29, 0.717) is 5.92 Å². The Labute approximate surface area is 78.9 Å². The third-order valence-electron chi connectivity index (χ3n) is 1.62. The molecule has 0 aliphatic rings. The van der Waals surface area contributed by atoms with Crippen LogP contribution in [0, 0.1) is 0 Å². The lowest BCUT2D eigenvalue weighted by atomic mass is 10.2. The number of aromatic nitrogens is 2. The summed E-state index contributed by atoms with van der Waals surface area (Å²) in [5, 5.41) is 3.12. The van der Waals surface area contributed by atoms with Gasteiger partial charge in [0, 0.05) is 18.7 Å². The van der Waals surface area contributed by atoms with Crippen LogP contribution in [-0.4, -0.2) is 16.5 Å². The first-order valence-electron chi connectivity index (χ1n) is 4.41. The van der Waals surface area contributed by atoms with Gasteiger partial charge in [0.25, 0.3) is 0 Å². The molecule has 1 aromatic rings. The molecule has 3 heteroatoms. The summed E-state index contributed by atoms with van der Waals surface area (Å²) in [6.45, 7) is 8.51. The molecule has 3 nitrogen and oxygen atoms in total. The van der Waals surface area contributed by atoms with Crippen molar-refractivity contribution in [1.82, 2.24) is 9.97 Å². The molecule has 0 saturated carbocycles. The molecule has 70 valence electrons. The normalized spacial score (nSPS) is 10.1. The number of nitrogens with one attached hydrogen (secondary N) is 1. The molecule has 13 heavy (non-hydrogen) atoms. The van der Waals surface area contributed by atoms with Crippen LogP contribution in [0.25, 0.3) is 0 Å². The zero-order chi connectivity index (χ0) is 9.68. The van der Waals surface area contributed by atoms with Crippen molar-refractivity contribution in [2.24, 2.45) is 0 Å². The van der Waals surface area contributed by atoms with Crippen molar-refractivity contribution in [3.8, 4) is 0 Å². The number of nitrogens with zero attached hydrogens (tertiary/aromatic N) is 2. The van der Waals surface area contributed by atoms with E-state index in [1.54, 1.807) is 12.3 Å². The van der Waals surface area contributed by atoms with E-state index in [0.717, 1.165) is 18.2 Å². The van der Waals surface area contributed by atoms with Crippen molar-refractivity contribution in [3.63, 3.8) is 0 Å². The summed E-state index contributed by atoms with van der Waals surface area (Å²) in [6, 6.07) is 1.86. The van der Waals surface area contributed by atoms with Crippen LogP contribution in [0.2, 0.25) is 0 Å². The quantitative estimate of drug-likeness (QED) is 0.716. The highest BCUT2D eigenvalue weighted by Crippen LogP contribution is 2.10. The Balaban J connectivity index is 2.73. The van der Waals surface area contributed by atoms with Crippen molar-refractivity contribution < 1.29 is 0 Å². The fourth-order valence-corrected chi connectivity index (χ4v) is 0.927. The van der Waals surface area contributed by atoms with Gasteiger partial charge in [0.1, 0.15) is 11.6 Å². The minimum atomic E-state index is 0.366. The Kier molecular flexibility index (Phi) is 3.43. The maximum absolute atomic E-state index is 4.34. The van der Waals surface area contributed by atoms with E-state index < -0.39 is 0 Å². The molecule has 0 spiro atoms. The first-order valence-corrected chi connectivity index (χ1v) is 4.41. The van der Waals surface area contributed by atoms with Crippen LogP contribution in [0.1, 0.15) is 25.6 Å². The Morgan fingerprint density at radius 1 is 1.62 bits per heavy atom. The minimum absolute atomic E-state index is 0.366. The van der Waals surface area contributed by atoms with Crippen molar-refractivity contribution >= 4 is 5.82 Å². The maximum atomic E-state index is 4.34. The average Bonchev–Trinajstić information content (AvgIpc) is 2.15. The zero-order valence-electron chi connectivity index (χ0n) is 8.12. The number of hydrogen-bond donors (Lipinski definition) is 1. The van der Waals surface area contributed by atoms with Gasteiger partial charge in [-0.2, -0.15) is 0 Å². The first-order chi connectivity index (χ1) is 6.24. The summed E-state index contributed by atoms with van der Waals surface area (Å²) in [6.07, 6.45) is 3.57. The molecule has 1 rings (SSSR count). The van der Waals surface area contributed by atoms with Gasteiger partial charge in [-0.05, 0) is 6.07 Å². The molecule has 1 heterocycles. The minimum Gasteiger partial charge on any atom is -0.367 e. The SMILES string of the molecule is C=CCNc1ccnc(C(C)C)n1. The summed E-state index contributed by atoms with van der Waals surface area (Å²) in [5.74, 6) is 2.10. The highest BCUT2D eigenvalue weighted by Gasteiger charge is 2.02. The summed E-state index contributed by atoms with van der Waals surface area (Å²) in [4.78, 5) is 8.51. The smallest absolute Gasteiger partial charge is 0.133 e. The lowest BCUT2D eigenvalue weighted by Crippen LogP contribution is -2.04. The van der Waals surface area contributed by atoms with E-state index in [1.165, 1.54) is 0 Å². The maximum Gasteiger partial charge on any atom is 0.133 e. The molecule has 0 unspecified atom stereocenters. The zero-order valence-corrected chi connectivity index (χ0v) is 8.12. The van der Waals surface area contributed by atoms with Gasteiger partial charge in [-0.15, -0.1) is 6.58 Å². The van der Waals surface area contributed by atoms with E-state index in [2.05, 4.69) is 35.7 Å². The predicted octanol–water partition coefficient (Wildman–Crippen LogP) is 2.20. The summed E-state index contributed by atoms with van der Waals surface area (Å²) in [5.41, 5.74) is 0. The van der Waals surface area contributed by atoms with E-state index in [9.17, 15) is 0 Å². The van der Waals surface area contributed by atoms with Crippen molar-refractivity contribution in [1.29, 1.82) is 0 Å². The first kappa shape index (κ1) is 9.71. The van der Waals surface area contributed by atoms with Crippen LogP contribution in [0.15, 0.2) is 24.9 Å². The Hall–Kier alpha value is -1.38. The standard InChI is InChI=1S/C10H15N3/c1-4-6-11-9-5-7-12-10(13-9)8(2)3/h4-5,7-8H,1,6H2,2-3H3,(H,11,12,13). The van der Waals surface area contributed by atoms with E-state index in [1.807, 2.05) is 6.07 Å². The topological polar surface area (TPSA) is 37.8 Å². The van der Waals surface area contributed by atoms with Crippen LogP contribution in [-0.2, 0) is 0 Å². The summed E-state index contributed by atoms with van der Waals surface area (Å²) in [7, 11) is 0. The Morgan fingerprint density at radius 3 is 3.00 bits per heavy atom. The molecule has 0 atom stereocenters. The van der Waals surface area contributed by atoms with Crippen molar-refractivity contribution in [3.05, 3.63) is 30.7 Å². The van der Waals surface area contributed by atoms with Gasteiger partial charge in [-0.25, -0.2) is 9.97 Å². The van der Waals surface area contributed by atoms with Crippen molar-refractivity contribution in [2.45, 2.75) is 19.8 Å². The molecule has 0 amide bonds. The molecule has 1 aromatic heterocycles. The van der Waals surface area contributed by atoms with Gasteiger partial charge in [-0.3, -0.25) is 0 Å². The second-order valence-corrected chi connectivity index (χ2v) is 3.12. The number of hydrogen-bond acceptors (Lipinski definition) is 3. The molecule has 0 bridgehead atoms. The van der Waals surface area contributed by atoms with Gasteiger partial charge < -0.3 is 5.32 Å². The molecule has 0 saturated heterocycles. The van der Waals surface area contributed by atoms with Gasteiger partial charge in [0.2, 0.25) is 0 Å². The lowest BCUT2D eigenvalue weighted by Gasteiger charge is -2.06. The second-order valence-electron chi connectivity index (χ2n) is 3.12. The third-order valence-corrected chi connectivity index (χ3v) is 1.62. The largest absolute Gasteiger partial charge is 0.367 e. The monoisotopic (exact) mass is 177 g/mol. The Morgan fingerprint density at radius 2 is 2.38 bits per heavy atom. The van der Waals surface area contributed by atoms with E-state index in [4.69, 9.17) is 0 Å². The molecule has 0 aliphatic heterocycles. The second kappa shape index (κ2) is 4.60. The third kappa shape index (κ3) is 2.86. The fourth-order valence-electron chi connectivity index (χ4n) is 0.927. The van der Waals surface area contributed by atoms with Crippen molar-refractivity contribution in [2.75, 3.05) is 11.9 Å². The molecule has 0 radical (unpaired) electrons. The van der Waals surface area contributed by atoms with Crippen LogP contribution in [0.3, 0.4) is 0 Å². The van der Waals surface area contributed by atoms with E-state index in [-0.39, 0.29) is 0 Å². The van der Waals surface area contributed by atoms with Crippen LogP contribution in [0.4, 0.5) is 5.82 Å². The molecular weight excluding hydrogens is 162 g/mol. The fraction of sp³-hybridized carbons (Fsp3) is 0.400. The lowest BCUT2D eigenvalue weighted by molar-refractivity contribution is 0.775. The Bertz CT molecular complexity index is 281. The van der Waals surface area contributed by atoms with Gasteiger partial charge >= 0.3 is 0 Å². The van der Waals surface area contributed by atoms with Gasteiger partial charge in [-0.1, -0.05) is 19.9 Å². The molecule has 0 aliphatic carbocycles. The summed E-state index contributed by atoms with van der Waals surface area (Å²) >= 11 is 0. The molecule has 0 aromatic carbocycles. The highest BCUT2D eigenvalue weighted by atomic mass is 15.0. The van der Waals surface area contributed by atoms with Crippen LogP contribution in [0.5, 0.6) is 0 Å². The van der Waals surface area contributed by atoms with E-state index >= 15 is 0 Å². The molecular formula is C10H15N3. The predicted molar refractivity (Wildman–Crippen MR) is 54.8 cm³/mol. The van der Waals surface area contributed by atoms with Gasteiger partial charge in [0.05, 0.1) is 0 Å². The summed E-state index contributed by atoms with van der Waals surface area (Å²) < 4.78 is 0. The highest BCUT2D eigenvalue weighted by molar-refractivity contribution is 5.33. The van der Waals surface area contributed by atoms with Crippen LogP contribution < -0.4 is 5.32 Å². The number of rotatable bonds is 4. The molecule has 0 fully saturated rings. The average molecular weight is 177 g/mol. The number of anilines is 1. The van der Waals surface area contributed by atoms with Crippen LogP contribution >= 0.6 is 0 Å². The van der Waals surface area contributed by atoms with Gasteiger partial charge in [0.15, 0.2) is 0 Å². The molecule has 1 N–H and O–H groups in total.